The third-order valence-electron chi connectivity index (χ3n) is 3.86. The van der Waals surface area contributed by atoms with Gasteiger partial charge < -0.3 is 15.7 Å². The molecule has 0 saturated heterocycles. The molecule has 0 spiro atoms. The second-order valence-corrected chi connectivity index (χ2v) is 6.67. The van der Waals surface area contributed by atoms with Crippen LogP contribution in [0.2, 0.25) is 0 Å². The molecule has 0 aliphatic carbocycles. The summed E-state index contributed by atoms with van der Waals surface area (Å²) in [5.41, 5.74) is 0.294. The Kier molecular flexibility index (Phi) is 5.08. The summed E-state index contributed by atoms with van der Waals surface area (Å²) in [6.07, 6.45) is -0.904. The zero-order valence-corrected chi connectivity index (χ0v) is 14.0. The van der Waals surface area contributed by atoms with E-state index in [-0.39, 0.29) is 16.8 Å². The zero-order valence-electron chi connectivity index (χ0n) is 13.2. The first kappa shape index (κ1) is 18.1. The molecule has 1 aliphatic heterocycles. The molecule has 0 bridgehead atoms. The van der Waals surface area contributed by atoms with Crippen LogP contribution in [-0.2, 0) is 0 Å². The van der Waals surface area contributed by atoms with Crippen LogP contribution < -0.4 is 10.6 Å². The highest BCUT2D eigenvalue weighted by Crippen LogP contribution is 2.40. The Morgan fingerprint density at radius 2 is 1.81 bits per heavy atom. The normalized spacial score (nSPS) is 15.9. The number of carboxylic acid groups (broad SMARTS) is 1. The summed E-state index contributed by atoms with van der Waals surface area (Å²) < 4.78 is 40.5. The van der Waals surface area contributed by atoms with E-state index in [4.69, 9.17) is 5.11 Å². The zero-order chi connectivity index (χ0) is 18.8. The fourth-order valence-electron chi connectivity index (χ4n) is 2.72. The van der Waals surface area contributed by atoms with Gasteiger partial charge in [-0.15, -0.1) is 11.8 Å². The molecule has 136 valence electrons. The van der Waals surface area contributed by atoms with Crippen molar-refractivity contribution in [2.75, 3.05) is 11.1 Å². The summed E-state index contributed by atoms with van der Waals surface area (Å²) in [4.78, 5) is 23.8. The van der Waals surface area contributed by atoms with Crippen molar-refractivity contribution < 1.29 is 27.9 Å². The van der Waals surface area contributed by atoms with Gasteiger partial charge in [0.15, 0.2) is 11.6 Å². The Balaban J connectivity index is 1.94. The first-order valence-corrected chi connectivity index (χ1v) is 8.56. The van der Waals surface area contributed by atoms with Gasteiger partial charge in [0.1, 0.15) is 5.82 Å². The van der Waals surface area contributed by atoms with Crippen molar-refractivity contribution in [2.45, 2.75) is 17.4 Å². The molecule has 3 N–H and O–H groups in total. The minimum atomic E-state index is -1.29. The lowest BCUT2D eigenvalue weighted by molar-refractivity contribution is 0.102. The molecule has 0 saturated carbocycles. The molecular weight excluding hydrogens is 369 g/mol. The SMILES string of the molecule is O=C(O)N[C@H]1CCSc2c(C(=O)Nc3ccc(F)c(F)c3)ccc(F)c21. The van der Waals surface area contributed by atoms with Gasteiger partial charge in [-0.1, -0.05) is 0 Å². The van der Waals surface area contributed by atoms with Crippen LogP contribution in [0.15, 0.2) is 35.2 Å². The molecule has 2 amide bonds. The van der Waals surface area contributed by atoms with Crippen molar-refractivity contribution in [1.82, 2.24) is 5.32 Å². The minimum Gasteiger partial charge on any atom is -0.465 e. The number of rotatable bonds is 3. The molecule has 0 radical (unpaired) electrons. The topological polar surface area (TPSA) is 78.4 Å². The number of benzene rings is 2. The third-order valence-corrected chi connectivity index (χ3v) is 5.03. The van der Waals surface area contributed by atoms with E-state index in [1.807, 2.05) is 0 Å². The average Bonchev–Trinajstić information content (AvgIpc) is 2.58. The van der Waals surface area contributed by atoms with Gasteiger partial charge in [0, 0.05) is 28.0 Å². The molecule has 2 aromatic rings. The number of halogens is 3. The Morgan fingerprint density at radius 3 is 2.50 bits per heavy atom. The Hall–Kier alpha value is -2.68. The van der Waals surface area contributed by atoms with Crippen molar-refractivity contribution in [1.29, 1.82) is 0 Å². The Bertz CT molecular complexity index is 892. The van der Waals surface area contributed by atoms with Crippen LogP contribution in [0.4, 0.5) is 23.7 Å². The summed E-state index contributed by atoms with van der Waals surface area (Å²) in [6, 6.07) is 4.52. The maximum Gasteiger partial charge on any atom is 0.405 e. The number of anilines is 1. The predicted octanol–water partition coefficient (Wildman–Crippen LogP) is 4.16. The van der Waals surface area contributed by atoms with Gasteiger partial charge in [-0.25, -0.2) is 18.0 Å². The minimum absolute atomic E-state index is 0.0491. The van der Waals surface area contributed by atoms with E-state index in [2.05, 4.69) is 10.6 Å². The molecule has 1 heterocycles. The second-order valence-electron chi connectivity index (χ2n) is 5.56. The van der Waals surface area contributed by atoms with Crippen molar-refractivity contribution in [3.05, 3.63) is 58.9 Å². The first-order valence-electron chi connectivity index (χ1n) is 7.58. The lowest BCUT2D eigenvalue weighted by Gasteiger charge is -2.27. The van der Waals surface area contributed by atoms with Crippen LogP contribution in [0.5, 0.6) is 0 Å². The van der Waals surface area contributed by atoms with Gasteiger partial charge in [0.25, 0.3) is 5.91 Å². The van der Waals surface area contributed by atoms with Gasteiger partial charge in [-0.2, -0.15) is 0 Å². The molecule has 26 heavy (non-hydrogen) atoms. The highest BCUT2D eigenvalue weighted by molar-refractivity contribution is 7.99. The number of hydrogen-bond donors (Lipinski definition) is 3. The van der Waals surface area contributed by atoms with Gasteiger partial charge in [0.2, 0.25) is 0 Å². The monoisotopic (exact) mass is 382 g/mol. The summed E-state index contributed by atoms with van der Waals surface area (Å²) in [6.45, 7) is 0. The summed E-state index contributed by atoms with van der Waals surface area (Å²) in [5.74, 6) is -2.90. The van der Waals surface area contributed by atoms with Crippen molar-refractivity contribution in [3.63, 3.8) is 0 Å². The van der Waals surface area contributed by atoms with Crippen LogP contribution in [0, 0.1) is 17.5 Å². The van der Waals surface area contributed by atoms with Gasteiger partial charge in [0.05, 0.1) is 11.6 Å². The number of carbonyl (C=O) groups excluding carboxylic acids is 1. The van der Waals surface area contributed by atoms with E-state index >= 15 is 0 Å². The van der Waals surface area contributed by atoms with E-state index < -0.39 is 35.5 Å². The highest BCUT2D eigenvalue weighted by atomic mass is 32.2. The largest absolute Gasteiger partial charge is 0.465 e. The molecule has 3 rings (SSSR count). The van der Waals surface area contributed by atoms with E-state index in [0.717, 1.165) is 18.2 Å². The third kappa shape index (κ3) is 3.62. The van der Waals surface area contributed by atoms with Crippen molar-refractivity contribution in [2.24, 2.45) is 0 Å². The lowest BCUT2D eigenvalue weighted by atomic mass is 10.00. The molecule has 9 heteroatoms. The molecule has 1 atom stereocenters. The molecular formula is C17H13F3N2O3S. The van der Waals surface area contributed by atoms with Crippen LogP contribution in [0.1, 0.15) is 28.4 Å². The lowest BCUT2D eigenvalue weighted by Crippen LogP contribution is -2.30. The van der Waals surface area contributed by atoms with Crippen molar-refractivity contribution >= 4 is 29.4 Å². The number of hydrogen-bond acceptors (Lipinski definition) is 3. The molecule has 0 fully saturated rings. The quantitative estimate of drug-likeness (QED) is 0.745. The molecule has 5 nitrogen and oxygen atoms in total. The van der Waals surface area contributed by atoms with Crippen LogP contribution >= 0.6 is 11.8 Å². The van der Waals surface area contributed by atoms with E-state index in [9.17, 15) is 22.8 Å². The van der Waals surface area contributed by atoms with Gasteiger partial charge in [-0.3, -0.25) is 4.79 Å². The van der Waals surface area contributed by atoms with Crippen molar-refractivity contribution in [3.8, 4) is 0 Å². The molecule has 1 aliphatic rings. The Morgan fingerprint density at radius 1 is 1.08 bits per heavy atom. The summed E-state index contributed by atoms with van der Waals surface area (Å²) in [7, 11) is 0. The van der Waals surface area contributed by atoms with E-state index in [1.54, 1.807) is 0 Å². The summed E-state index contributed by atoms with van der Waals surface area (Å²) >= 11 is 1.24. The fraction of sp³-hybridized carbons (Fsp3) is 0.176. The number of fused-ring (bicyclic) bond motifs is 1. The van der Waals surface area contributed by atoms with Crippen LogP contribution in [0.3, 0.4) is 0 Å². The molecule has 0 unspecified atom stereocenters. The number of amides is 2. The van der Waals surface area contributed by atoms with Gasteiger partial charge in [-0.05, 0) is 30.7 Å². The predicted molar refractivity (Wildman–Crippen MR) is 90.0 cm³/mol. The average molecular weight is 382 g/mol. The molecule has 2 aromatic carbocycles. The maximum atomic E-state index is 14.3. The van der Waals surface area contributed by atoms with E-state index in [0.29, 0.717) is 17.1 Å². The number of thioether (sulfide) groups is 1. The highest BCUT2D eigenvalue weighted by Gasteiger charge is 2.29. The standard InChI is InChI=1S/C17H13F3N2O3S/c18-10-3-1-8(7-12(10)20)21-16(23)9-2-4-11(19)14-13(22-17(24)25)5-6-26-15(9)14/h1-4,7,13,22H,5-6H2,(H,21,23)(H,24,25)/t13-/m0/s1. The van der Waals surface area contributed by atoms with Crippen LogP contribution in [-0.4, -0.2) is 22.9 Å². The number of nitrogens with one attached hydrogen (secondary N) is 2. The fourth-order valence-corrected chi connectivity index (χ4v) is 3.99. The maximum absolute atomic E-state index is 14.3. The number of carbonyl (C=O) groups is 2. The van der Waals surface area contributed by atoms with Gasteiger partial charge >= 0.3 is 6.09 Å². The van der Waals surface area contributed by atoms with Crippen LogP contribution in [0.25, 0.3) is 0 Å². The molecule has 0 aromatic heterocycles. The summed E-state index contributed by atoms with van der Waals surface area (Å²) in [5, 5.41) is 13.6. The van der Waals surface area contributed by atoms with E-state index in [1.165, 1.54) is 23.9 Å². The first-order chi connectivity index (χ1) is 12.4. The Labute approximate surface area is 150 Å². The second kappa shape index (κ2) is 7.28. The smallest absolute Gasteiger partial charge is 0.405 e.